The van der Waals surface area contributed by atoms with Crippen LogP contribution in [0.25, 0.3) is 10.6 Å². The zero-order valence-electron chi connectivity index (χ0n) is 9.35. The fraction of sp³-hybridized carbons (Fsp3) is 0.273. The molecular weight excluding hydrogens is 304 g/mol. The van der Waals surface area contributed by atoms with Crippen molar-refractivity contribution >= 4 is 33.2 Å². The van der Waals surface area contributed by atoms with Crippen molar-refractivity contribution in [2.24, 2.45) is 0 Å². The SMILES string of the molecule is CC(C)n1nc(C(=O)O)c(Br)c1-c1cccs1. The third-order valence-electron chi connectivity index (χ3n) is 2.30. The molecule has 0 spiro atoms. The molecule has 1 N–H and O–H groups in total. The van der Waals surface area contributed by atoms with Crippen LogP contribution in [-0.2, 0) is 0 Å². The van der Waals surface area contributed by atoms with Crippen molar-refractivity contribution < 1.29 is 9.90 Å². The standard InChI is InChI=1S/C11H11BrN2O2S/c1-6(2)14-10(7-4-3-5-17-7)8(12)9(13-14)11(15)16/h3-6H,1-2H3,(H,15,16). The van der Waals surface area contributed by atoms with Gasteiger partial charge in [0.15, 0.2) is 5.69 Å². The van der Waals surface area contributed by atoms with Crippen molar-refractivity contribution in [1.29, 1.82) is 0 Å². The highest BCUT2D eigenvalue weighted by atomic mass is 79.9. The topological polar surface area (TPSA) is 55.1 Å². The first-order valence-electron chi connectivity index (χ1n) is 5.07. The van der Waals surface area contributed by atoms with Crippen LogP contribution in [0.1, 0.15) is 30.4 Å². The molecule has 6 heteroatoms. The fourth-order valence-electron chi connectivity index (χ4n) is 1.56. The fourth-order valence-corrected chi connectivity index (χ4v) is 3.10. The Labute approximate surface area is 111 Å². The predicted octanol–water partition coefficient (Wildman–Crippen LogP) is 3.65. The largest absolute Gasteiger partial charge is 0.476 e. The van der Waals surface area contributed by atoms with E-state index < -0.39 is 5.97 Å². The number of nitrogens with zero attached hydrogens (tertiary/aromatic N) is 2. The number of carboxylic acids is 1. The molecule has 2 aromatic heterocycles. The van der Waals surface area contributed by atoms with Gasteiger partial charge in [-0.1, -0.05) is 6.07 Å². The Morgan fingerprint density at radius 3 is 2.76 bits per heavy atom. The first-order chi connectivity index (χ1) is 8.02. The van der Waals surface area contributed by atoms with E-state index in [0.29, 0.717) is 4.47 Å². The lowest BCUT2D eigenvalue weighted by molar-refractivity contribution is 0.0688. The number of aromatic nitrogens is 2. The third-order valence-corrected chi connectivity index (χ3v) is 3.93. The number of hydrogen-bond donors (Lipinski definition) is 1. The molecule has 0 fully saturated rings. The maximum atomic E-state index is 11.1. The summed E-state index contributed by atoms with van der Waals surface area (Å²) in [5.41, 5.74) is 0.884. The molecule has 0 atom stereocenters. The smallest absolute Gasteiger partial charge is 0.357 e. The summed E-state index contributed by atoms with van der Waals surface area (Å²) in [4.78, 5) is 12.1. The molecule has 2 heterocycles. The summed E-state index contributed by atoms with van der Waals surface area (Å²) in [5.74, 6) is -1.02. The molecule has 0 radical (unpaired) electrons. The molecule has 0 saturated carbocycles. The highest BCUT2D eigenvalue weighted by Crippen LogP contribution is 2.35. The second-order valence-corrected chi connectivity index (χ2v) is 5.57. The molecule has 2 rings (SSSR count). The summed E-state index contributed by atoms with van der Waals surface area (Å²) in [5, 5.41) is 15.2. The van der Waals surface area contributed by atoms with Gasteiger partial charge in [0.2, 0.25) is 0 Å². The number of hydrogen-bond acceptors (Lipinski definition) is 3. The van der Waals surface area contributed by atoms with Gasteiger partial charge in [0, 0.05) is 6.04 Å². The maximum absolute atomic E-state index is 11.1. The Morgan fingerprint density at radius 1 is 1.59 bits per heavy atom. The van der Waals surface area contributed by atoms with Crippen LogP contribution in [0.2, 0.25) is 0 Å². The molecule has 2 aromatic rings. The number of aromatic carboxylic acids is 1. The van der Waals surface area contributed by atoms with E-state index in [-0.39, 0.29) is 11.7 Å². The minimum absolute atomic E-state index is 0.0575. The highest BCUT2D eigenvalue weighted by molar-refractivity contribution is 9.10. The Morgan fingerprint density at radius 2 is 2.29 bits per heavy atom. The van der Waals surface area contributed by atoms with Gasteiger partial charge in [-0.05, 0) is 41.2 Å². The van der Waals surface area contributed by atoms with Gasteiger partial charge in [-0.2, -0.15) is 5.10 Å². The third kappa shape index (κ3) is 2.14. The van der Waals surface area contributed by atoms with Gasteiger partial charge >= 0.3 is 5.97 Å². The summed E-state index contributed by atoms with van der Waals surface area (Å²) in [6.07, 6.45) is 0. The van der Waals surface area contributed by atoms with Crippen molar-refractivity contribution in [2.75, 3.05) is 0 Å². The first kappa shape index (κ1) is 12.3. The van der Waals surface area contributed by atoms with Crippen LogP contribution in [-0.4, -0.2) is 20.9 Å². The summed E-state index contributed by atoms with van der Waals surface area (Å²) >= 11 is 4.90. The van der Waals surface area contributed by atoms with E-state index in [4.69, 9.17) is 5.11 Å². The minimum Gasteiger partial charge on any atom is -0.476 e. The molecule has 90 valence electrons. The quantitative estimate of drug-likeness (QED) is 0.940. The second kappa shape index (κ2) is 4.62. The van der Waals surface area contributed by atoms with E-state index in [1.54, 1.807) is 16.0 Å². The molecular formula is C11H11BrN2O2S. The molecule has 0 unspecified atom stereocenters. The Bertz CT molecular complexity index is 546. The molecule has 0 aromatic carbocycles. The highest BCUT2D eigenvalue weighted by Gasteiger charge is 2.23. The Balaban J connectivity index is 2.68. The van der Waals surface area contributed by atoms with Crippen LogP contribution < -0.4 is 0 Å². The van der Waals surface area contributed by atoms with Crippen molar-refractivity contribution in [3.8, 4) is 10.6 Å². The van der Waals surface area contributed by atoms with Crippen LogP contribution in [0.3, 0.4) is 0 Å². The van der Waals surface area contributed by atoms with Crippen molar-refractivity contribution in [3.63, 3.8) is 0 Å². The van der Waals surface area contributed by atoms with Crippen molar-refractivity contribution in [1.82, 2.24) is 9.78 Å². The average Bonchev–Trinajstić information content (AvgIpc) is 2.83. The van der Waals surface area contributed by atoms with E-state index in [2.05, 4.69) is 21.0 Å². The van der Waals surface area contributed by atoms with Crippen molar-refractivity contribution in [2.45, 2.75) is 19.9 Å². The van der Waals surface area contributed by atoms with Gasteiger partial charge in [-0.3, -0.25) is 4.68 Å². The molecule has 4 nitrogen and oxygen atoms in total. The zero-order chi connectivity index (χ0) is 12.6. The lowest BCUT2D eigenvalue weighted by Gasteiger charge is -2.09. The number of rotatable bonds is 3. The minimum atomic E-state index is -1.02. The van der Waals surface area contributed by atoms with E-state index >= 15 is 0 Å². The van der Waals surface area contributed by atoms with Gasteiger partial charge in [0.05, 0.1) is 15.0 Å². The van der Waals surface area contributed by atoms with E-state index in [1.165, 1.54) is 0 Å². The van der Waals surface area contributed by atoms with Crippen molar-refractivity contribution in [3.05, 3.63) is 27.7 Å². The van der Waals surface area contributed by atoms with Crippen LogP contribution in [0.4, 0.5) is 0 Å². The van der Waals surface area contributed by atoms with Gasteiger partial charge in [0.25, 0.3) is 0 Å². The lowest BCUT2D eigenvalue weighted by Crippen LogP contribution is -2.06. The molecule has 17 heavy (non-hydrogen) atoms. The van der Waals surface area contributed by atoms with Gasteiger partial charge in [0.1, 0.15) is 0 Å². The van der Waals surface area contributed by atoms with Gasteiger partial charge < -0.3 is 5.11 Å². The van der Waals surface area contributed by atoms with Crippen LogP contribution in [0.5, 0.6) is 0 Å². The molecule has 0 aliphatic rings. The van der Waals surface area contributed by atoms with E-state index in [1.807, 2.05) is 31.4 Å². The average molecular weight is 315 g/mol. The summed E-state index contributed by atoms with van der Waals surface area (Å²) in [6.45, 7) is 3.95. The molecule has 0 saturated heterocycles. The van der Waals surface area contributed by atoms with E-state index in [9.17, 15) is 4.79 Å². The lowest BCUT2D eigenvalue weighted by atomic mass is 10.3. The predicted molar refractivity (Wildman–Crippen MR) is 70.6 cm³/mol. The second-order valence-electron chi connectivity index (χ2n) is 3.83. The van der Waals surface area contributed by atoms with Gasteiger partial charge in [-0.25, -0.2) is 4.79 Å². The van der Waals surface area contributed by atoms with Crippen LogP contribution >= 0.6 is 27.3 Å². The normalized spacial score (nSPS) is 11.1. The zero-order valence-corrected chi connectivity index (χ0v) is 11.7. The number of carboxylic acid groups (broad SMARTS) is 1. The summed E-state index contributed by atoms with van der Waals surface area (Å²) < 4.78 is 2.28. The summed E-state index contributed by atoms with van der Waals surface area (Å²) in [7, 11) is 0. The molecule has 0 amide bonds. The summed E-state index contributed by atoms with van der Waals surface area (Å²) in [6, 6.07) is 4.00. The number of carbonyl (C=O) groups is 1. The molecule has 0 aliphatic heterocycles. The molecule has 0 bridgehead atoms. The maximum Gasteiger partial charge on any atom is 0.357 e. The van der Waals surface area contributed by atoms with E-state index in [0.717, 1.165) is 10.6 Å². The monoisotopic (exact) mass is 314 g/mol. The van der Waals surface area contributed by atoms with Crippen LogP contribution in [0, 0.1) is 0 Å². The Kier molecular flexibility index (Phi) is 3.35. The number of halogens is 1. The first-order valence-corrected chi connectivity index (χ1v) is 6.74. The molecule has 0 aliphatic carbocycles. The Hall–Kier alpha value is -1.14. The van der Waals surface area contributed by atoms with Gasteiger partial charge in [-0.15, -0.1) is 11.3 Å². The van der Waals surface area contributed by atoms with Crippen LogP contribution in [0.15, 0.2) is 22.0 Å². The number of thiophene rings is 1.